The Morgan fingerprint density at radius 3 is 2.73 bits per heavy atom. The highest BCUT2D eigenvalue weighted by Crippen LogP contribution is 2.16. The third-order valence-electron chi connectivity index (χ3n) is 3.22. The normalized spacial score (nSPS) is 10.9. The topological polar surface area (TPSA) is 101 Å². The summed E-state index contributed by atoms with van der Waals surface area (Å²) in [4.78, 5) is 16.4. The standard InChI is InChI=1S/C19H17N3O4/c1-19(2,24)11-10-14-8-9-15(25-14)17(23)20-12-16-21-18(26-22-16)13-6-4-3-5-7-13/h3-9,24H,12H2,1-2H3,(H,20,23). The first-order valence-corrected chi connectivity index (χ1v) is 7.92. The number of aliphatic hydroxyl groups is 1. The average molecular weight is 351 g/mol. The molecule has 0 unspecified atom stereocenters. The molecule has 2 heterocycles. The second-order valence-electron chi connectivity index (χ2n) is 6.04. The number of benzene rings is 1. The smallest absolute Gasteiger partial charge is 0.287 e. The highest BCUT2D eigenvalue weighted by atomic mass is 16.5. The van der Waals surface area contributed by atoms with Crippen molar-refractivity contribution in [1.82, 2.24) is 15.5 Å². The summed E-state index contributed by atoms with van der Waals surface area (Å²) < 4.78 is 10.5. The van der Waals surface area contributed by atoms with Crippen LogP contribution in [0.4, 0.5) is 0 Å². The van der Waals surface area contributed by atoms with E-state index in [4.69, 9.17) is 8.94 Å². The van der Waals surface area contributed by atoms with Crippen molar-refractivity contribution in [3.63, 3.8) is 0 Å². The predicted molar refractivity (Wildman–Crippen MR) is 92.8 cm³/mol. The van der Waals surface area contributed by atoms with Gasteiger partial charge in [-0.1, -0.05) is 29.3 Å². The van der Waals surface area contributed by atoms with E-state index in [9.17, 15) is 9.90 Å². The van der Waals surface area contributed by atoms with Crippen LogP contribution < -0.4 is 5.32 Å². The van der Waals surface area contributed by atoms with E-state index in [0.29, 0.717) is 17.5 Å². The summed E-state index contributed by atoms with van der Waals surface area (Å²) >= 11 is 0. The van der Waals surface area contributed by atoms with Gasteiger partial charge in [-0.25, -0.2) is 0 Å². The Kier molecular flexibility index (Phi) is 4.87. The first-order chi connectivity index (χ1) is 12.4. The van der Waals surface area contributed by atoms with E-state index < -0.39 is 11.5 Å². The van der Waals surface area contributed by atoms with Gasteiger partial charge >= 0.3 is 0 Å². The molecular weight excluding hydrogens is 334 g/mol. The van der Waals surface area contributed by atoms with Gasteiger partial charge in [-0.15, -0.1) is 0 Å². The molecule has 0 aliphatic rings. The molecule has 7 heteroatoms. The lowest BCUT2D eigenvalue weighted by Crippen LogP contribution is -2.22. The number of amides is 1. The lowest BCUT2D eigenvalue weighted by molar-refractivity contribution is 0.0921. The van der Waals surface area contributed by atoms with Crippen molar-refractivity contribution in [1.29, 1.82) is 0 Å². The molecule has 0 radical (unpaired) electrons. The largest absolute Gasteiger partial charge is 0.443 e. The molecule has 0 spiro atoms. The molecule has 0 saturated heterocycles. The third-order valence-corrected chi connectivity index (χ3v) is 3.22. The monoisotopic (exact) mass is 351 g/mol. The maximum atomic E-state index is 12.1. The van der Waals surface area contributed by atoms with Crippen LogP contribution in [0.5, 0.6) is 0 Å². The van der Waals surface area contributed by atoms with Crippen LogP contribution in [0.15, 0.2) is 51.4 Å². The maximum Gasteiger partial charge on any atom is 0.287 e. The molecule has 2 aromatic heterocycles. The summed E-state index contributed by atoms with van der Waals surface area (Å²) in [7, 11) is 0. The first-order valence-electron chi connectivity index (χ1n) is 7.92. The highest BCUT2D eigenvalue weighted by molar-refractivity contribution is 5.91. The third kappa shape index (κ3) is 4.59. The number of furan rings is 1. The molecule has 132 valence electrons. The maximum absolute atomic E-state index is 12.1. The van der Waals surface area contributed by atoms with Crippen LogP contribution in [0, 0.1) is 11.8 Å². The molecule has 2 N–H and O–H groups in total. The van der Waals surface area contributed by atoms with Gasteiger partial charge < -0.3 is 19.4 Å². The summed E-state index contributed by atoms with van der Waals surface area (Å²) in [6, 6.07) is 12.4. The second kappa shape index (κ2) is 7.25. The lowest BCUT2D eigenvalue weighted by Gasteiger charge is -2.05. The molecule has 0 atom stereocenters. The fraction of sp³-hybridized carbons (Fsp3) is 0.211. The Labute approximate surface area is 150 Å². The molecule has 26 heavy (non-hydrogen) atoms. The van der Waals surface area contributed by atoms with E-state index in [2.05, 4.69) is 27.3 Å². The molecule has 0 saturated carbocycles. The predicted octanol–water partition coefficient (Wildman–Crippen LogP) is 2.38. The Morgan fingerprint density at radius 1 is 1.23 bits per heavy atom. The molecule has 0 aliphatic heterocycles. The van der Waals surface area contributed by atoms with Gasteiger partial charge in [0.05, 0.1) is 6.54 Å². The number of hydrogen-bond donors (Lipinski definition) is 2. The average Bonchev–Trinajstić information content (AvgIpc) is 3.28. The van der Waals surface area contributed by atoms with Crippen molar-refractivity contribution in [3.05, 3.63) is 59.8 Å². The quantitative estimate of drug-likeness (QED) is 0.700. The van der Waals surface area contributed by atoms with Gasteiger partial charge in [0.1, 0.15) is 5.60 Å². The van der Waals surface area contributed by atoms with Crippen molar-refractivity contribution in [2.24, 2.45) is 0 Å². The molecule has 3 rings (SSSR count). The van der Waals surface area contributed by atoms with E-state index in [1.54, 1.807) is 19.9 Å². The van der Waals surface area contributed by atoms with Crippen LogP contribution in [-0.4, -0.2) is 26.8 Å². The van der Waals surface area contributed by atoms with Crippen LogP contribution in [0.2, 0.25) is 0 Å². The van der Waals surface area contributed by atoms with Gasteiger partial charge in [0, 0.05) is 5.56 Å². The van der Waals surface area contributed by atoms with Crippen LogP contribution in [0.25, 0.3) is 11.5 Å². The van der Waals surface area contributed by atoms with Crippen LogP contribution in [0.3, 0.4) is 0 Å². The summed E-state index contributed by atoms with van der Waals surface area (Å²) in [6.45, 7) is 3.22. The Hall–Kier alpha value is -3.37. The van der Waals surface area contributed by atoms with Gasteiger partial charge in [-0.2, -0.15) is 4.98 Å². The van der Waals surface area contributed by atoms with Crippen LogP contribution in [-0.2, 0) is 6.54 Å². The molecule has 1 aromatic carbocycles. The van der Waals surface area contributed by atoms with Gasteiger partial charge in [0.25, 0.3) is 11.8 Å². The Morgan fingerprint density at radius 2 is 2.00 bits per heavy atom. The number of nitrogens with one attached hydrogen (secondary N) is 1. The lowest BCUT2D eigenvalue weighted by atomic mass is 10.1. The number of rotatable bonds is 4. The van der Waals surface area contributed by atoms with Crippen molar-refractivity contribution in [3.8, 4) is 23.3 Å². The summed E-state index contributed by atoms with van der Waals surface area (Å²) in [5.74, 6) is 6.00. The van der Waals surface area contributed by atoms with Gasteiger partial charge in [-0.3, -0.25) is 4.79 Å². The van der Waals surface area contributed by atoms with Crippen molar-refractivity contribution in [2.75, 3.05) is 0 Å². The van der Waals surface area contributed by atoms with Crippen LogP contribution >= 0.6 is 0 Å². The van der Waals surface area contributed by atoms with E-state index in [1.165, 1.54) is 6.07 Å². The fourth-order valence-corrected chi connectivity index (χ4v) is 2.01. The summed E-state index contributed by atoms with van der Waals surface area (Å²) in [5.41, 5.74) is -0.330. The van der Waals surface area contributed by atoms with Gasteiger partial charge in [0.15, 0.2) is 17.3 Å². The van der Waals surface area contributed by atoms with E-state index in [-0.39, 0.29) is 12.3 Å². The van der Waals surface area contributed by atoms with E-state index in [0.717, 1.165) is 5.56 Å². The zero-order valence-corrected chi connectivity index (χ0v) is 14.3. The minimum atomic E-state index is -1.13. The molecule has 7 nitrogen and oxygen atoms in total. The minimum Gasteiger partial charge on any atom is -0.443 e. The minimum absolute atomic E-state index is 0.0978. The number of hydrogen-bond acceptors (Lipinski definition) is 6. The number of aromatic nitrogens is 2. The zero-order chi connectivity index (χ0) is 18.6. The van der Waals surface area contributed by atoms with E-state index >= 15 is 0 Å². The van der Waals surface area contributed by atoms with Gasteiger partial charge in [-0.05, 0) is 44.0 Å². The highest BCUT2D eigenvalue weighted by Gasteiger charge is 2.13. The van der Waals surface area contributed by atoms with E-state index in [1.807, 2.05) is 30.3 Å². The van der Waals surface area contributed by atoms with Crippen molar-refractivity contribution < 1.29 is 18.8 Å². The fourth-order valence-electron chi connectivity index (χ4n) is 2.01. The number of carbonyl (C=O) groups excluding carboxylic acids is 1. The Bertz CT molecular complexity index is 956. The molecule has 0 aliphatic carbocycles. The molecule has 0 fully saturated rings. The summed E-state index contributed by atoms with van der Waals surface area (Å²) in [5, 5.41) is 16.1. The van der Waals surface area contributed by atoms with Gasteiger partial charge in [0.2, 0.25) is 0 Å². The van der Waals surface area contributed by atoms with Crippen LogP contribution in [0.1, 0.15) is 36.0 Å². The molecular formula is C19H17N3O4. The second-order valence-corrected chi connectivity index (χ2v) is 6.04. The first kappa shape index (κ1) is 17.5. The number of carbonyl (C=O) groups is 1. The summed E-state index contributed by atoms with van der Waals surface area (Å²) in [6.07, 6.45) is 0. The van der Waals surface area contributed by atoms with Crippen molar-refractivity contribution in [2.45, 2.75) is 26.0 Å². The number of nitrogens with zero attached hydrogens (tertiary/aromatic N) is 2. The zero-order valence-electron chi connectivity index (χ0n) is 14.3. The molecule has 1 amide bonds. The Balaban J connectivity index is 1.60. The SMILES string of the molecule is CC(C)(O)C#Cc1ccc(C(=O)NCc2noc(-c3ccccc3)n2)o1. The molecule has 0 bridgehead atoms. The molecule has 3 aromatic rings. The van der Waals surface area contributed by atoms with Crippen molar-refractivity contribution >= 4 is 5.91 Å².